The number of halogens is 3. The number of aromatic nitrogens is 1. The lowest BCUT2D eigenvalue weighted by atomic mass is 10.4. The number of hydrogen-bond acceptors (Lipinski definition) is 6. The minimum atomic E-state index is -5.74. The van der Waals surface area contributed by atoms with Gasteiger partial charge in [0.15, 0.2) is 0 Å². The molecule has 0 unspecified atom stereocenters. The van der Waals surface area contributed by atoms with Gasteiger partial charge in [-0.15, -0.1) is 0 Å². The van der Waals surface area contributed by atoms with Crippen molar-refractivity contribution < 1.29 is 35.2 Å². The smallest absolute Gasteiger partial charge is 0.356 e. The van der Waals surface area contributed by atoms with Gasteiger partial charge >= 0.3 is 15.6 Å². The van der Waals surface area contributed by atoms with Gasteiger partial charge in [0.1, 0.15) is 6.79 Å². The first-order valence-corrected chi connectivity index (χ1v) is 12.1. The topological polar surface area (TPSA) is 74.7 Å². The van der Waals surface area contributed by atoms with Crippen LogP contribution in [0, 0.1) is 0 Å². The molecule has 0 aromatic carbocycles. The minimum Gasteiger partial charge on any atom is -0.356 e. The summed E-state index contributed by atoms with van der Waals surface area (Å²) in [4.78, 5) is 3.65. The maximum Gasteiger partial charge on any atom is 0.534 e. The minimum absolute atomic E-state index is 0.0120. The molecule has 6 nitrogen and oxygen atoms in total. The Kier molecular flexibility index (Phi) is 7.20. The predicted octanol–water partition coefficient (Wildman–Crippen LogP) is 3.14. The van der Waals surface area contributed by atoms with E-state index in [1.807, 2.05) is 0 Å². The van der Waals surface area contributed by atoms with Gasteiger partial charge < -0.3 is 13.7 Å². The summed E-state index contributed by atoms with van der Waals surface area (Å²) < 4.78 is 73.0. The van der Waals surface area contributed by atoms with Gasteiger partial charge in [0.05, 0.1) is 12.3 Å². The molecule has 0 saturated heterocycles. The summed E-state index contributed by atoms with van der Waals surface area (Å²) >= 11 is 0. The van der Waals surface area contributed by atoms with Gasteiger partial charge in [-0.05, 0) is 12.1 Å². The lowest BCUT2D eigenvalue weighted by Crippen LogP contribution is -2.28. The average molecular weight is 387 g/mol. The zero-order chi connectivity index (χ0) is 18.4. The highest BCUT2D eigenvalue weighted by Crippen LogP contribution is 2.26. The van der Waals surface area contributed by atoms with E-state index in [4.69, 9.17) is 9.47 Å². The van der Waals surface area contributed by atoms with Crippen molar-refractivity contribution in [1.82, 2.24) is 4.98 Å². The van der Waals surface area contributed by atoms with Gasteiger partial charge in [-0.2, -0.15) is 21.6 Å². The van der Waals surface area contributed by atoms with E-state index in [0.717, 1.165) is 12.1 Å². The van der Waals surface area contributed by atoms with Crippen molar-refractivity contribution in [2.24, 2.45) is 0 Å². The first-order chi connectivity index (χ1) is 10.9. The van der Waals surface area contributed by atoms with Crippen LogP contribution < -0.4 is 4.18 Å². The molecule has 1 aromatic heterocycles. The number of hydrogen-bond donors (Lipinski definition) is 0. The summed E-state index contributed by atoms with van der Waals surface area (Å²) in [5, 5.41) is 0. The molecule has 138 valence electrons. The SMILES string of the molecule is C[Si](C)(C)CCOCOCc1cccc(OS(=O)(=O)C(F)(F)F)n1. The van der Waals surface area contributed by atoms with E-state index >= 15 is 0 Å². The third-order valence-electron chi connectivity index (χ3n) is 2.67. The van der Waals surface area contributed by atoms with Crippen LogP contribution in [0.4, 0.5) is 13.2 Å². The first-order valence-electron chi connectivity index (χ1n) is 7.03. The van der Waals surface area contributed by atoms with Crippen LogP contribution in [0.25, 0.3) is 0 Å². The fraction of sp³-hybridized carbons (Fsp3) is 0.615. The Morgan fingerprint density at radius 1 is 1.17 bits per heavy atom. The molecule has 0 radical (unpaired) electrons. The quantitative estimate of drug-likeness (QED) is 0.213. The highest BCUT2D eigenvalue weighted by Gasteiger charge is 2.48. The molecule has 0 aliphatic carbocycles. The number of pyridine rings is 1. The third-order valence-corrected chi connectivity index (χ3v) is 5.33. The van der Waals surface area contributed by atoms with Crippen LogP contribution in [0.5, 0.6) is 5.88 Å². The summed E-state index contributed by atoms with van der Waals surface area (Å²) in [6.07, 6.45) is 0. The zero-order valence-electron chi connectivity index (χ0n) is 13.6. The van der Waals surface area contributed by atoms with E-state index in [1.165, 1.54) is 12.1 Å². The van der Waals surface area contributed by atoms with E-state index in [9.17, 15) is 21.6 Å². The van der Waals surface area contributed by atoms with Gasteiger partial charge in [0.2, 0.25) is 5.88 Å². The van der Waals surface area contributed by atoms with Crippen molar-refractivity contribution in [2.45, 2.75) is 37.8 Å². The van der Waals surface area contributed by atoms with E-state index < -0.39 is 29.6 Å². The van der Waals surface area contributed by atoms with Crippen LogP contribution in [0.1, 0.15) is 5.69 Å². The molecule has 0 atom stereocenters. The van der Waals surface area contributed by atoms with Gasteiger partial charge in [-0.1, -0.05) is 25.7 Å². The highest BCUT2D eigenvalue weighted by atomic mass is 32.2. The number of ether oxygens (including phenoxy) is 2. The fourth-order valence-electron chi connectivity index (χ4n) is 1.39. The molecular weight excluding hydrogens is 367 g/mol. The predicted molar refractivity (Wildman–Crippen MR) is 83.6 cm³/mol. The van der Waals surface area contributed by atoms with Crippen LogP contribution in [0.15, 0.2) is 18.2 Å². The number of nitrogens with zero attached hydrogens (tertiary/aromatic N) is 1. The van der Waals surface area contributed by atoms with Crippen LogP contribution in [-0.4, -0.2) is 40.4 Å². The molecule has 0 aliphatic rings. The number of alkyl halides is 3. The summed E-state index contributed by atoms with van der Waals surface area (Å²) in [6.45, 7) is 7.16. The molecule has 24 heavy (non-hydrogen) atoms. The standard InChI is InChI=1S/C13H20F3NO5SSi/c1-24(2,3)8-7-20-10-21-9-11-5-4-6-12(17-11)22-23(18,19)13(14,15)16/h4-6H,7-10H2,1-3H3. The second kappa shape index (κ2) is 8.27. The molecule has 0 fully saturated rings. The van der Waals surface area contributed by atoms with E-state index in [2.05, 4.69) is 28.8 Å². The van der Waals surface area contributed by atoms with Gasteiger partial charge in [0, 0.05) is 20.7 Å². The van der Waals surface area contributed by atoms with Crippen molar-refractivity contribution in [3.05, 3.63) is 23.9 Å². The van der Waals surface area contributed by atoms with Crippen LogP contribution >= 0.6 is 0 Å². The lowest BCUT2D eigenvalue weighted by molar-refractivity contribution is -0.0583. The van der Waals surface area contributed by atoms with Gasteiger partial charge in [-0.3, -0.25) is 0 Å². The highest BCUT2D eigenvalue weighted by molar-refractivity contribution is 7.87. The van der Waals surface area contributed by atoms with Crippen molar-refractivity contribution in [3.8, 4) is 5.88 Å². The molecule has 11 heteroatoms. The van der Waals surface area contributed by atoms with E-state index in [0.29, 0.717) is 6.61 Å². The molecule has 0 amide bonds. The Bertz CT molecular complexity index is 631. The molecule has 0 N–H and O–H groups in total. The van der Waals surface area contributed by atoms with Crippen molar-refractivity contribution in [1.29, 1.82) is 0 Å². The second-order valence-corrected chi connectivity index (χ2v) is 13.3. The molecule has 1 aromatic rings. The maximum absolute atomic E-state index is 12.2. The average Bonchev–Trinajstić information content (AvgIpc) is 2.40. The summed E-state index contributed by atoms with van der Waals surface area (Å²) in [6, 6.07) is 4.78. The summed E-state index contributed by atoms with van der Waals surface area (Å²) in [7, 11) is -6.92. The Hall–Kier alpha value is -1.17. The summed E-state index contributed by atoms with van der Waals surface area (Å²) in [5.41, 5.74) is -5.29. The van der Waals surface area contributed by atoms with Gasteiger partial charge in [0.25, 0.3) is 0 Å². The van der Waals surface area contributed by atoms with Crippen molar-refractivity contribution in [3.63, 3.8) is 0 Å². The Labute approximate surface area is 140 Å². The molecule has 0 saturated carbocycles. The lowest BCUT2D eigenvalue weighted by Gasteiger charge is -2.15. The molecule has 1 rings (SSSR count). The Balaban J connectivity index is 2.46. The van der Waals surface area contributed by atoms with Gasteiger partial charge in [-0.25, -0.2) is 4.98 Å². The summed E-state index contributed by atoms with van der Waals surface area (Å²) in [5.74, 6) is -0.673. The monoisotopic (exact) mass is 387 g/mol. The van der Waals surface area contributed by atoms with E-state index in [-0.39, 0.29) is 19.1 Å². The molecule has 0 aliphatic heterocycles. The van der Waals surface area contributed by atoms with E-state index in [1.54, 1.807) is 0 Å². The Morgan fingerprint density at radius 3 is 2.42 bits per heavy atom. The van der Waals surface area contributed by atoms with Crippen LogP contribution in [0.2, 0.25) is 25.7 Å². The fourth-order valence-corrected chi connectivity index (χ4v) is 2.56. The largest absolute Gasteiger partial charge is 0.534 e. The van der Waals surface area contributed by atoms with Crippen molar-refractivity contribution in [2.75, 3.05) is 13.4 Å². The normalized spacial score (nSPS) is 13.1. The first kappa shape index (κ1) is 20.9. The Morgan fingerprint density at radius 2 is 1.83 bits per heavy atom. The maximum atomic E-state index is 12.2. The molecule has 0 bridgehead atoms. The molecule has 1 heterocycles. The molecule has 0 spiro atoms. The number of rotatable bonds is 9. The zero-order valence-corrected chi connectivity index (χ0v) is 15.4. The molecular formula is C13H20F3NO5SSi. The second-order valence-electron chi connectivity index (χ2n) is 6.14. The third kappa shape index (κ3) is 7.60. The van der Waals surface area contributed by atoms with Crippen molar-refractivity contribution >= 4 is 18.2 Å². The van der Waals surface area contributed by atoms with Crippen LogP contribution in [-0.2, 0) is 26.2 Å². The van der Waals surface area contributed by atoms with Crippen LogP contribution in [0.3, 0.4) is 0 Å².